The van der Waals surface area contributed by atoms with Crippen LogP contribution in [0.4, 0.5) is 11.4 Å². The lowest BCUT2D eigenvalue weighted by Gasteiger charge is -2.27. The zero-order valence-corrected chi connectivity index (χ0v) is 36.0. The van der Waals surface area contributed by atoms with Gasteiger partial charge in [-0.3, -0.25) is 9.11 Å². The number of carboxylic acids is 1. The van der Waals surface area contributed by atoms with Gasteiger partial charge in [-0.1, -0.05) is 62.4 Å². The number of fused-ring (bicyclic) bond motifs is 2. The van der Waals surface area contributed by atoms with E-state index in [1.807, 2.05) is 30.3 Å². The van der Waals surface area contributed by atoms with Gasteiger partial charge in [-0.25, -0.2) is 4.79 Å². The summed E-state index contributed by atoms with van der Waals surface area (Å²) in [6, 6.07) is 19.8. The van der Waals surface area contributed by atoms with Crippen LogP contribution in [0.2, 0.25) is 0 Å². The number of thioether (sulfide) groups is 1. The summed E-state index contributed by atoms with van der Waals surface area (Å²) >= 11 is 3.06. The highest BCUT2D eigenvalue weighted by molar-refractivity contribution is 8.03. The van der Waals surface area contributed by atoms with Crippen molar-refractivity contribution in [2.75, 3.05) is 35.2 Å². The molecule has 3 aromatic rings. The molecule has 3 N–H and O–H groups in total. The van der Waals surface area contributed by atoms with E-state index in [0.717, 1.165) is 63.8 Å². The molecule has 6 rings (SSSR count). The van der Waals surface area contributed by atoms with Crippen molar-refractivity contribution in [3.8, 4) is 0 Å². The number of rotatable bonds is 16. The van der Waals surface area contributed by atoms with Gasteiger partial charge in [0.2, 0.25) is 5.69 Å². The molecule has 304 valence electrons. The largest absolute Gasteiger partial charge is 0.477 e. The van der Waals surface area contributed by atoms with Crippen molar-refractivity contribution in [1.29, 1.82) is 0 Å². The van der Waals surface area contributed by atoms with Crippen molar-refractivity contribution in [2.45, 2.75) is 77.0 Å². The molecule has 0 fully saturated rings. The minimum absolute atomic E-state index is 0.269. The van der Waals surface area contributed by atoms with Crippen molar-refractivity contribution in [2.24, 2.45) is 0 Å². The monoisotopic (exact) mass is 851 g/mol. The van der Waals surface area contributed by atoms with E-state index in [1.54, 1.807) is 17.8 Å². The molecular formula is C43H51N2O8S4+. The van der Waals surface area contributed by atoms with Crippen LogP contribution in [0.25, 0.3) is 0 Å². The maximum atomic E-state index is 11.6. The molecule has 2 aromatic carbocycles. The highest BCUT2D eigenvalue weighted by Crippen LogP contribution is 2.48. The van der Waals surface area contributed by atoms with Crippen LogP contribution in [0.15, 0.2) is 107 Å². The van der Waals surface area contributed by atoms with Gasteiger partial charge >= 0.3 is 5.97 Å². The van der Waals surface area contributed by atoms with E-state index < -0.39 is 26.2 Å². The number of hydrogen-bond donors (Lipinski definition) is 3. The maximum Gasteiger partial charge on any atom is 0.345 e. The summed E-state index contributed by atoms with van der Waals surface area (Å²) < 4.78 is 67.7. The number of benzene rings is 2. The second-order valence-electron chi connectivity index (χ2n) is 15.7. The molecule has 10 nitrogen and oxygen atoms in total. The van der Waals surface area contributed by atoms with Gasteiger partial charge in [0.1, 0.15) is 11.4 Å². The highest BCUT2D eigenvalue weighted by Gasteiger charge is 2.44. The molecule has 3 aliphatic rings. The molecule has 0 unspecified atom stereocenters. The first kappa shape index (κ1) is 42.8. The number of aromatic carboxylic acids is 1. The summed E-state index contributed by atoms with van der Waals surface area (Å²) in [6.45, 7) is 9.55. The molecule has 1 aromatic heterocycles. The maximum absolute atomic E-state index is 11.6. The molecule has 2 aliphatic heterocycles. The number of carboxylic acid groups (broad SMARTS) is 1. The molecule has 14 heteroatoms. The van der Waals surface area contributed by atoms with Crippen LogP contribution in [0, 0.1) is 0 Å². The van der Waals surface area contributed by atoms with Crippen LogP contribution in [0.1, 0.15) is 85.5 Å². The Morgan fingerprint density at radius 3 is 2.25 bits per heavy atom. The van der Waals surface area contributed by atoms with Crippen molar-refractivity contribution in [3.63, 3.8) is 0 Å². The first-order chi connectivity index (χ1) is 26.9. The van der Waals surface area contributed by atoms with Crippen molar-refractivity contribution in [1.82, 2.24) is 0 Å². The number of carbonyl (C=O) groups is 1. The number of aryl methyl sites for hydroxylation is 1. The SMILES string of the molecule is CC1(C)C(/C=C/C2=C(SCCc3ccc(C(=O)O)s3)C(=C/C=C3/N(CCCS(=O)(=O)O)c4ccccc4C3(C)C)/CCC2)=[N+](CCCS(=O)(=O)O)c2ccccc21. The number of hydrogen-bond acceptors (Lipinski definition) is 8. The van der Waals surface area contributed by atoms with E-state index in [-0.39, 0.29) is 35.2 Å². The molecule has 1 aliphatic carbocycles. The Hall–Kier alpha value is -3.79. The summed E-state index contributed by atoms with van der Waals surface area (Å²) in [5, 5.41) is 9.48. The van der Waals surface area contributed by atoms with Gasteiger partial charge in [-0.2, -0.15) is 21.4 Å². The Morgan fingerprint density at radius 1 is 0.860 bits per heavy atom. The van der Waals surface area contributed by atoms with E-state index in [2.05, 4.69) is 85.7 Å². The van der Waals surface area contributed by atoms with E-state index in [9.17, 15) is 35.8 Å². The van der Waals surface area contributed by atoms with E-state index in [0.29, 0.717) is 24.4 Å². The normalized spacial score (nSPS) is 19.3. The minimum Gasteiger partial charge on any atom is -0.477 e. The van der Waals surface area contributed by atoms with Gasteiger partial charge in [0.25, 0.3) is 20.2 Å². The first-order valence-corrected chi connectivity index (χ1v) is 24.2. The molecule has 0 bridgehead atoms. The van der Waals surface area contributed by atoms with Crippen molar-refractivity contribution < 1.29 is 40.4 Å². The fourth-order valence-electron chi connectivity index (χ4n) is 8.22. The zero-order chi connectivity index (χ0) is 41.2. The Bertz CT molecular complexity index is 2420. The average molecular weight is 852 g/mol. The lowest BCUT2D eigenvalue weighted by molar-refractivity contribution is -0.437. The Balaban J connectivity index is 1.39. The molecule has 0 radical (unpaired) electrons. The molecule has 57 heavy (non-hydrogen) atoms. The number of para-hydroxylation sites is 2. The fraction of sp³-hybridized carbons (Fsp3) is 0.395. The molecule has 3 heterocycles. The molecule has 0 saturated heterocycles. The smallest absolute Gasteiger partial charge is 0.345 e. The molecular weight excluding hydrogens is 801 g/mol. The van der Waals surface area contributed by atoms with E-state index in [4.69, 9.17) is 0 Å². The second-order valence-corrected chi connectivity index (χ2v) is 21.1. The number of anilines is 1. The Kier molecular flexibility index (Phi) is 12.9. The third kappa shape index (κ3) is 9.92. The number of nitrogens with zero attached hydrogens (tertiary/aromatic N) is 2. The average Bonchev–Trinajstić information content (AvgIpc) is 3.76. The quantitative estimate of drug-likeness (QED) is 0.0941. The molecule has 0 atom stereocenters. The zero-order valence-electron chi connectivity index (χ0n) is 32.8. The molecule has 0 amide bonds. The van der Waals surface area contributed by atoms with Crippen LogP contribution in [-0.2, 0) is 37.5 Å². The van der Waals surface area contributed by atoms with E-state index in [1.165, 1.54) is 27.4 Å². The van der Waals surface area contributed by atoms with Crippen molar-refractivity contribution >= 4 is 66.4 Å². The van der Waals surface area contributed by atoms with Gasteiger partial charge in [0.15, 0.2) is 5.71 Å². The number of allylic oxidation sites excluding steroid dienone is 7. The van der Waals surface area contributed by atoms with Crippen LogP contribution >= 0.6 is 23.1 Å². The summed E-state index contributed by atoms with van der Waals surface area (Å²) in [4.78, 5) is 16.2. The van der Waals surface area contributed by atoms with Crippen molar-refractivity contribution in [3.05, 3.63) is 128 Å². The second kappa shape index (κ2) is 17.2. The van der Waals surface area contributed by atoms with Crippen LogP contribution in [-0.4, -0.2) is 77.7 Å². The third-order valence-electron chi connectivity index (χ3n) is 11.0. The first-order valence-electron chi connectivity index (χ1n) is 19.2. The Morgan fingerprint density at radius 2 is 1.54 bits per heavy atom. The minimum atomic E-state index is -4.10. The highest BCUT2D eigenvalue weighted by atomic mass is 32.2. The van der Waals surface area contributed by atoms with Crippen LogP contribution in [0.5, 0.6) is 0 Å². The van der Waals surface area contributed by atoms with Crippen LogP contribution in [0.3, 0.4) is 0 Å². The standard InChI is InChI=1S/C43H50N2O8S4/c1-42(2)33-14-5-7-16-35(33)44(25-10-28-56(48,49)50)38(42)22-18-30-12-9-13-31(40(30)54-27-24-32-20-21-37(55-32)41(46)47)19-23-39-43(3,4)34-15-6-8-17-36(34)45(39)26-11-29-57(51,52)53/h5-8,14-23H,9-13,24-29H2,1-4H3,(H2-,46,47,48,49,50,51,52,53)/p+1. The van der Waals surface area contributed by atoms with Gasteiger partial charge in [-0.15, -0.1) is 23.1 Å². The summed E-state index contributed by atoms with van der Waals surface area (Å²) in [7, 11) is -8.21. The van der Waals surface area contributed by atoms with Crippen LogP contribution < -0.4 is 4.90 Å². The predicted molar refractivity (Wildman–Crippen MR) is 232 cm³/mol. The topological polar surface area (TPSA) is 152 Å². The predicted octanol–water partition coefficient (Wildman–Crippen LogP) is 8.96. The van der Waals surface area contributed by atoms with Gasteiger partial charge in [0, 0.05) is 63.0 Å². The summed E-state index contributed by atoms with van der Waals surface area (Å²) in [6.07, 6.45) is 12.6. The van der Waals surface area contributed by atoms with Gasteiger partial charge < -0.3 is 10.0 Å². The number of thiophene rings is 1. The van der Waals surface area contributed by atoms with Gasteiger partial charge in [0.05, 0.1) is 16.9 Å². The summed E-state index contributed by atoms with van der Waals surface area (Å²) in [5.74, 6) is -0.827. The third-order valence-corrected chi connectivity index (χ3v) is 15.0. The summed E-state index contributed by atoms with van der Waals surface area (Å²) in [5.41, 5.74) is 8.07. The lowest BCUT2D eigenvalue weighted by Crippen LogP contribution is -2.28. The molecule has 0 saturated carbocycles. The fourth-order valence-corrected chi connectivity index (χ4v) is 11.4. The van der Waals surface area contributed by atoms with E-state index >= 15 is 0 Å². The molecule has 0 spiro atoms. The lowest BCUT2D eigenvalue weighted by atomic mass is 9.81. The van der Waals surface area contributed by atoms with Gasteiger partial charge in [-0.05, 0) is 86.9 Å². The Labute approximate surface area is 344 Å².